The molecule has 4 rings (SSSR count). The van der Waals surface area contributed by atoms with Crippen molar-refractivity contribution in [2.75, 3.05) is 12.4 Å². The van der Waals surface area contributed by atoms with Crippen molar-refractivity contribution in [1.29, 1.82) is 0 Å². The first-order valence-corrected chi connectivity index (χ1v) is 9.21. The SMILES string of the molecule is COc1cccc([C@H](C)Nc2cc(-c3cnc4ccn(C)c4c3)nc(C)n2)c1. The third-order valence-electron chi connectivity index (χ3n) is 4.83. The number of pyridine rings is 1. The second-order valence-corrected chi connectivity index (χ2v) is 6.88. The number of anilines is 1. The monoisotopic (exact) mass is 373 g/mol. The molecule has 0 fully saturated rings. The average Bonchev–Trinajstić information content (AvgIpc) is 3.08. The maximum absolute atomic E-state index is 5.33. The Labute approximate surface area is 164 Å². The number of aryl methyl sites for hydroxylation is 2. The molecule has 3 heterocycles. The molecule has 0 saturated heterocycles. The predicted molar refractivity (Wildman–Crippen MR) is 112 cm³/mol. The van der Waals surface area contributed by atoms with Crippen molar-refractivity contribution in [3.63, 3.8) is 0 Å². The molecule has 0 unspecified atom stereocenters. The molecule has 0 aliphatic carbocycles. The maximum atomic E-state index is 5.33. The summed E-state index contributed by atoms with van der Waals surface area (Å²) in [5.74, 6) is 2.34. The van der Waals surface area contributed by atoms with Crippen LogP contribution in [0.15, 0.2) is 54.9 Å². The number of hydrogen-bond donors (Lipinski definition) is 1. The lowest BCUT2D eigenvalue weighted by Gasteiger charge is -2.16. The summed E-state index contributed by atoms with van der Waals surface area (Å²) in [6.07, 6.45) is 3.87. The summed E-state index contributed by atoms with van der Waals surface area (Å²) in [6.45, 7) is 4.00. The van der Waals surface area contributed by atoms with Crippen molar-refractivity contribution in [2.24, 2.45) is 7.05 Å². The Morgan fingerprint density at radius 2 is 1.96 bits per heavy atom. The molecule has 1 atom stereocenters. The Kier molecular flexibility index (Phi) is 4.69. The largest absolute Gasteiger partial charge is 0.497 e. The standard InChI is InChI=1S/C22H23N5O/c1-14(16-6-5-7-18(10-16)28-4)24-22-12-20(25-15(2)26-22)17-11-21-19(23-13-17)8-9-27(21)3/h5-14H,1-4H3,(H,24,25,26)/t14-/m0/s1. The third-order valence-corrected chi connectivity index (χ3v) is 4.83. The molecule has 1 N–H and O–H groups in total. The molecule has 3 aromatic heterocycles. The molecule has 0 aliphatic heterocycles. The van der Waals surface area contributed by atoms with Gasteiger partial charge in [0.1, 0.15) is 17.4 Å². The predicted octanol–water partition coefficient (Wildman–Crippen LogP) is 4.52. The first kappa shape index (κ1) is 18.0. The minimum absolute atomic E-state index is 0.0747. The van der Waals surface area contributed by atoms with E-state index in [4.69, 9.17) is 4.74 Å². The highest BCUT2D eigenvalue weighted by Gasteiger charge is 2.11. The molecule has 0 bridgehead atoms. The molecule has 0 radical (unpaired) electrons. The normalized spacial score (nSPS) is 12.1. The fourth-order valence-electron chi connectivity index (χ4n) is 3.28. The van der Waals surface area contributed by atoms with Gasteiger partial charge in [0, 0.05) is 31.1 Å². The van der Waals surface area contributed by atoms with Gasteiger partial charge in [-0.05, 0) is 43.7 Å². The Morgan fingerprint density at radius 1 is 1.11 bits per heavy atom. The van der Waals surface area contributed by atoms with E-state index >= 15 is 0 Å². The Hall–Kier alpha value is -3.41. The van der Waals surface area contributed by atoms with Crippen LogP contribution in [0.4, 0.5) is 5.82 Å². The van der Waals surface area contributed by atoms with Gasteiger partial charge in [0.15, 0.2) is 0 Å². The van der Waals surface area contributed by atoms with Crippen LogP contribution >= 0.6 is 0 Å². The van der Waals surface area contributed by atoms with Gasteiger partial charge in [-0.25, -0.2) is 9.97 Å². The molecule has 0 spiro atoms. The van der Waals surface area contributed by atoms with Crippen molar-refractivity contribution < 1.29 is 4.74 Å². The number of nitrogens with one attached hydrogen (secondary N) is 1. The second kappa shape index (κ2) is 7.31. The quantitative estimate of drug-likeness (QED) is 0.557. The van der Waals surface area contributed by atoms with Crippen molar-refractivity contribution in [3.05, 3.63) is 66.2 Å². The van der Waals surface area contributed by atoms with Gasteiger partial charge in [0.05, 0.1) is 29.9 Å². The van der Waals surface area contributed by atoms with Crippen LogP contribution in [0.2, 0.25) is 0 Å². The molecule has 4 aromatic rings. The van der Waals surface area contributed by atoms with Crippen molar-refractivity contribution in [1.82, 2.24) is 19.5 Å². The van der Waals surface area contributed by atoms with E-state index in [2.05, 4.69) is 43.9 Å². The first-order chi connectivity index (χ1) is 13.5. The van der Waals surface area contributed by atoms with Crippen LogP contribution in [-0.4, -0.2) is 26.6 Å². The zero-order chi connectivity index (χ0) is 19.7. The lowest BCUT2D eigenvalue weighted by molar-refractivity contribution is 0.414. The van der Waals surface area contributed by atoms with Crippen LogP contribution in [0.5, 0.6) is 5.75 Å². The molecule has 1 aromatic carbocycles. The van der Waals surface area contributed by atoms with E-state index in [1.54, 1.807) is 7.11 Å². The minimum Gasteiger partial charge on any atom is -0.497 e. The van der Waals surface area contributed by atoms with Crippen LogP contribution in [0, 0.1) is 6.92 Å². The van der Waals surface area contributed by atoms with Crippen molar-refractivity contribution in [2.45, 2.75) is 19.9 Å². The Bertz CT molecular complexity index is 1130. The van der Waals surface area contributed by atoms with Crippen LogP contribution in [0.3, 0.4) is 0 Å². The molecule has 28 heavy (non-hydrogen) atoms. The molecule has 6 nitrogen and oxygen atoms in total. The fourth-order valence-corrected chi connectivity index (χ4v) is 3.28. The van der Waals surface area contributed by atoms with Gasteiger partial charge >= 0.3 is 0 Å². The van der Waals surface area contributed by atoms with E-state index in [-0.39, 0.29) is 6.04 Å². The van der Waals surface area contributed by atoms with E-state index in [9.17, 15) is 0 Å². The first-order valence-electron chi connectivity index (χ1n) is 9.21. The number of benzene rings is 1. The summed E-state index contributed by atoms with van der Waals surface area (Å²) >= 11 is 0. The molecular weight excluding hydrogens is 350 g/mol. The maximum Gasteiger partial charge on any atom is 0.130 e. The van der Waals surface area contributed by atoms with E-state index in [0.717, 1.165) is 39.4 Å². The minimum atomic E-state index is 0.0747. The number of rotatable bonds is 5. The smallest absolute Gasteiger partial charge is 0.130 e. The zero-order valence-corrected chi connectivity index (χ0v) is 16.5. The molecule has 0 aliphatic rings. The number of ether oxygens (including phenoxy) is 1. The Morgan fingerprint density at radius 3 is 2.79 bits per heavy atom. The molecule has 0 saturated carbocycles. The summed E-state index contributed by atoms with van der Waals surface area (Å²) in [6, 6.07) is 14.2. The van der Waals surface area contributed by atoms with E-state index < -0.39 is 0 Å². The summed E-state index contributed by atoms with van der Waals surface area (Å²) < 4.78 is 7.39. The summed E-state index contributed by atoms with van der Waals surface area (Å²) in [7, 11) is 3.69. The third kappa shape index (κ3) is 3.53. The van der Waals surface area contributed by atoms with E-state index in [1.165, 1.54) is 0 Å². The van der Waals surface area contributed by atoms with Gasteiger partial charge < -0.3 is 14.6 Å². The van der Waals surface area contributed by atoms with Crippen LogP contribution in [0.1, 0.15) is 24.4 Å². The summed E-state index contributed by atoms with van der Waals surface area (Å²) in [5, 5.41) is 3.47. The topological polar surface area (TPSA) is 64.9 Å². The van der Waals surface area contributed by atoms with E-state index in [0.29, 0.717) is 5.82 Å². The number of nitrogens with zero attached hydrogens (tertiary/aromatic N) is 4. The summed E-state index contributed by atoms with van der Waals surface area (Å²) in [5.41, 5.74) is 5.00. The fraction of sp³-hybridized carbons (Fsp3) is 0.227. The average molecular weight is 373 g/mol. The second-order valence-electron chi connectivity index (χ2n) is 6.88. The number of hydrogen-bond acceptors (Lipinski definition) is 5. The lowest BCUT2D eigenvalue weighted by atomic mass is 10.1. The highest BCUT2D eigenvalue weighted by atomic mass is 16.5. The van der Waals surface area contributed by atoms with Gasteiger partial charge in [-0.2, -0.15) is 0 Å². The highest BCUT2D eigenvalue weighted by Crippen LogP contribution is 2.26. The van der Waals surface area contributed by atoms with Crippen molar-refractivity contribution >= 4 is 16.9 Å². The van der Waals surface area contributed by atoms with Crippen molar-refractivity contribution in [3.8, 4) is 17.0 Å². The van der Waals surface area contributed by atoms with E-state index in [1.807, 2.05) is 56.7 Å². The van der Waals surface area contributed by atoms with Gasteiger partial charge in [0.2, 0.25) is 0 Å². The zero-order valence-electron chi connectivity index (χ0n) is 16.5. The van der Waals surface area contributed by atoms with Crippen LogP contribution in [-0.2, 0) is 7.05 Å². The molecule has 0 amide bonds. The number of fused-ring (bicyclic) bond motifs is 1. The van der Waals surface area contributed by atoms with Gasteiger partial charge in [-0.15, -0.1) is 0 Å². The molecule has 6 heteroatoms. The Balaban J connectivity index is 1.65. The van der Waals surface area contributed by atoms with Gasteiger partial charge in [0.25, 0.3) is 0 Å². The lowest BCUT2D eigenvalue weighted by Crippen LogP contribution is -2.09. The summed E-state index contributed by atoms with van der Waals surface area (Å²) in [4.78, 5) is 13.7. The molecular formula is C22H23N5O. The van der Waals surface area contributed by atoms with Crippen LogP contribution in [0.25, 0.3) is 22.3 Å². The van der Waals surface area contributed by atoms with Crippen LogP contribution < -0.4 is 10.1 Å². The highest BCUT2D eigenvalue weighted by molar-refractivity contribution is 5.80. The number of aromatic nitrogens is 4. The van der Waals surface area contributed by atoms with Gasteiger partial charge in [-0.1, -0.05) is 12.1 Å². The van der Waals surface area contributed by atoms with Gasteiger partial charge in [-0.3, -0.25) is 4.98 Å². The number of methoxy groups -OCH3 is 1. The molecule has 142 valence electrons.